The minimum Gasteiger partial charge on any atom is -0.493 e. The Morgan fingerprint density at radius 3 is 2.37 bits per heavy atom. The van der Waals surface area contributed by atoms with Gasteiger partial charge in [-0.25, -0.2) is 13.4 Å². The average molecular weight is 386 g/mol. The minimum atomic E-state index is -3.33. The molecule has 1 aromatic heterocycles. The van der Waals surface area contributed by atoms with Gasteiger partial charge in [-0.1, -0.05) is 13.0 Å². The zero-order valence-electron chi connectivity index (χ0n) is 15.8. The number of sulfone groups is 1. The zero-order chi connectivity index (χ0) is 19.6. The largest absolute Gasteiger partial charge is 0.493 e. The fraction of sp³-hybridized carbons (Fsp3) is 0.250. The number of benzene rings is 2. The third-order valence-corrected chi connectivity index (χ3v) is 6.22. The molecule has 0 aliphatic heterocycles. The third kappa shape index (κ3) is 3.55. The fourth-order valence-electron chi connectivity index (χ4n) is 2.95. The minimum absolute atomic E-state index is 0.0435. The summed E-state index contributed by atoms with van der Waals surface area (Å²) in [4.78, 5) is 4.56. The predicted molar refractivity (Wildman–Crippen MR) is 105 cm³/mol. The number of hydrogen-bond acceptors (Lipinski definition) is 5. The standard InChI is InChI=1S/C20H22N2O4S/c1-5-27(23,24)16-7-8-18(22-11-10-21-14(22)2)17(13-16)15-6-9-19(25-3)20(12-15)26-4/h6-13H,5H2,1-4H3. The summed E-state index contributed by atoms with van der Waals surface area (Å²) in [7, 11) is -0.188. The number of ether oxygens (including phenoxy) is 2. The highest BCUT2D eigenvalue weighted by atomic mass is 32.2. The molecule has 0 aliphatic carbocycles. The average Bonchev–Trinajstić information content (AvgIpc) is 3.12. The van der Waals surface area contributed by atoms with Crippen molar-refractivity contribution in [2.45, 2.75) is 18.7 Å². The summed E-state index contributed by atoms with van der Waals surface area (Å²) in [5, 5.41) is 0. The molecule has 0 saturated heterocycles. The molecule has 0 spiro atoms. The Labute approximate surface area is 159 Å². The summed E-state index contributed by atoms with van der Waals surface area (Å²) in [5.74, 6) is 2.04. The van der Waals surface area contributed by atoms with Crippen LogP contribution in [0.5, 0.6) is 11.5 Å². The molecule has 2 aromatic carbocycles. The molecule has 0 N–H and O–H groups in total. The molecule has 0 atom stereocenters. The van der Waals surface area contributed by atoms with Crippen molar-refractivity contribution in [3.8, 4) is 28.3 Å². The second-order valence-electron chi connectivity index (χ2n) is 6.00. The number of aryl methyl sites for hydroxylation is 1. The maximum absolute atomic E-state index is 12.4. The summed E-state index contributed by atoms with van der Waals surface area (Å²) in [5.41, 5.74) is 2.43. The number of rotatable bonds is 6. The summed E-state index contributed by atoms with van der Waals surface area (Å²) in [6, 6.07) is 10.7. The smallest absolute Gasteiger partial charge is 0.178 e. The first kappa shape index (κ1) is 19.0. The number of methoxy groups -OCH3 is 2. The first-order chi connectivity index (χ1) is 12.9. The Balaban J connectivity index is 2.28. The van der Waals surface area contributed by atoms with E-state index in [4.69, 9.17) is 9.47 Å². The summed E-state index contributed by atoms with van der Waals surface area (Å²) < 4.78 is 37.5. The van der Waals surface area contributed by atoms with Gasteiger partial charge < -0.3 is 14.0 Å². The van der Waals surface area contributed by atoms with Crippen LogP contribution in [0.25, 0.3) is 16.8 Å². The van der Waals surface area contributed by atoms with Gasteiger partial charge in [0.2, 0.25) is 0 Å². The van der Waals surface area contributed by atoms with E-state index in [0.717, 1.165) is 22.6 Å². The Morgan fingerprint density at radius 1 is 1.04 bits per heavy atom. The van der Waals surface area contributed by atoms with E-state index in [1.807, 2.05) is 35.9 Å². The second kappa shape index (κ2) is 7.44. The number of hydrogen-bond donors (Lipinski definition) is 0. The molecule has 0 amide bonds. The fourth-order valence-corrected chi connectivity index (χ4v) is 3.86. The molecule has 3 aromatic rings. The van der Waals surface area contributed by atoms with Crippen LogP contribution in [0.4, 0.5) is 0 Å². The van der Waals surface area contributed by atoms with Crippen molar-refractivity contribution in [1.82, 2.24) is 9.55 Å². The summed E-state index contributed by atoms with van der Waals surface area (Å²) >= 11 is 0. The van der Waals surface area contributed by atoms with Crippen LogP contribution in [-0.2, 0) is 9.84 Å². The Hall–Kier alpha value is -2.80. The SMILES string of the molecule is CCS(=O)(=O)c1ccc(-n2ccnc2C)c(-c2ccc(OC)c(OC)c2)c1. The van der Waals surface area contributed by atoms with Gasteiger partial charge in [0.15, 0.2) is 21.3 Å². The van der Waals surface area contributed by atoms with Gasteiger partial charge in [-0.15, -0.1) is 0 Å². The lowest BCUT2D eigenvalue weighted by atomic mass is 10.0. The molecular formula is C20H22N2O4S. The highest BCUT2D eigenvalue weighted by Crippen LogP contribution is 2.36. The number of nitrogens with zero attached hydrogens (tertiary/aromatic N) is 2. The zero-order valence-corrected chi connectivity index (χ0v) is 16.6. The van der Waals surface area contributed by atoms with E-state index in [1.54, 1.807) is 45.5 Å². The van der Waals surface area contributed by atoms with E-state index < -0.39 is 9.84 Å². The molecule has 0 bridgehead atoms. The van der Waals surface area contributed by atoms with Crippen LogP contribution >= 0.6 is 0 Å². The van der Waals surface area contributed by atoms with Gasteiger partial charge in [0.05, 0.1) is 30.6 Å². The maximum atomic E-state index is 12.4. The van der Waals surface area contributed by atoms with Gasteiger partial charge in [0.25, 0.3) is 0 Å². The molecule has 0 aliphatic rings. The number of imidazole rings is 1. The van der Waals surface area contributed by atoms with Crippen molar-refractivity contribution in [2.75, 3.05) is 20.0 Å². The molecular weight excluding hydrogens is 364 g/mol. The topological polar surface area (TPSA) is 70.4 Å². The van der Waals surface area contributed by atoms with E-state index in [0.29, 0.717) is 11.5 Å². The Kier molecular flexibility index (Phi) is 5.23. The van der Waals surface area contributed by atoms with Crippen LogP contribution in [0, 0.1) is 6.92 Å². The maximum Gasteiger partial charge on any atom is 0.178 e. The molecule has 3 rings (SSSR count). The van der Waals surface area contributed by atoms with Crippen molar-refractivity contribution in [2.24, 2.45) is 0 Å². The van der Waals surface area contributed by atoms with Crippen molar-refractivity contribution in [3.63, 3.8) is 0 Å². The lowest BCUT2D eigenvalue weighted by Crippen LogP contribution is -2.06. The van der Waals surface area contributed by atoms with Crippen molar-refractivity contribution < 1.29 is 17.9 Å². The molecule has 0 fully saturated rings. The second-order valence-corrected chi connectivity index (χ2v) is 8.27. The Morgan fingerprint density at radius 2 is 1.78 bits per heavy atom. The molecule has 0 radical (unpaired) electrons. The third-order valence-electron chi connectivity index (χ3n) is 4.49. The highest BCUT2D eigenvalue weighted by molar-refractivity contribution is 7.91. The first-order valence-electron chi connectivity index (χ1n) is 8.50. The van der Waals surface area contributed by atoms with Gasteiger partial charge in [-0.2, -0.15) is 0 Å². The molecule has 0 unspecified atom stereocenters. The highest BCUT2D eigenvalue weighted by Gasteiger charge is 2.18. The molecule has 6 nitrogen and oxygen atoms in total. The normalized spacial score (nSPS) is 11.4. The van der Waals surface area contributed by atoms with E-state index in [1.165, 1.54) is 0 Å². The lowest BCUT2D eigenvalue weighted by molar-refractivity contribution is 0.355. The van der Waals surface area contributed by atoms with Crippen LogP contribution in [0.1, 0.15) is 12.7 Å². The van der Waals surface area contributed by atoms with Crippen LogP contribution in [0.15, 0.2) is 53.7 Å². The van der Waals surface area contributed by atoms with Crippen LogP contribution < -0.4 is 9.47 Å². The molecule has 7 heteroatoms. The lowest BCUT2D eigenvalue weighted by Gasteiger charge is -2.16. The van der Waals surface area contributed by atoms with Crippen molar-refractivity contribution in [3.05, 3.63) is 54.6 Å². The van der Waals surface area contributed by atoms with Gasteiger partial charge in [-0.05, 0) is 42.8 Å². The van der Waals surface area contributed by atoms with E-state index >= 15 is 0 Å². The van der Waals surface area contributed by atoms with Crippen molar-refractivity contribution >= 4 is 9.84 Å². The van der Waals surface area contributed by atoms with Gasteiger partial charge in [-0.3, -0.25) is 0 Å². The van der Waals surface area contributed by atoms with Gasteiger partial charge in [0.1, 0.15) is 5.82 Å². The van der Waals surface area contributed by atoms with E-state index in [-0.39, 0.29) is 10.6 Å². The Bertz CT molecular complexity index is 1070. The first-order valence-corrected chi connectivity index (χ1v) is 10.2. The molecule has 1 heterocycles. The van der Waals surface area contributed by atoms with Gasteiger partial charge in [0, 0.05) is 18.0 Å². The quantitative estimate of drug-likeness (QED) is 0.647. The van der Waals surface area contributed by atoms with Crippen LogP contribution in [0.2, 0.25) is 0 Å². The molecule has 142 valence electrons. The summed E-state index contributed by atoms with van der Waals surface area (Å²) in [6.07, 6.45) is 3.56. The van der Waals surface area contributed by atoms with Crippen LogP contribution in [0.3, 0.4) is 0 Å². The molecule has 0 saturated carbocycles. The monoisotopic (exact) mass is 386 g/mol. The molecule has 27 heavy (non-hydrogen) atoms. The predicted octanol–water partition coefficient (Wildman–Crippen LogP) is 3.66. The van der Waals surface area contributed by atoms with E-state index in [2.05, 4.69) is 4.98 Å². The van der Waals surface area contributed by atoms with Gasteiger partial charge >= 0.3 is 0 Å². The van der Waals surface area contributed by atoms with Crippen LogP contribution in [-0.4, -0.2) is 37.9 Å². The van der Waals surface area contributed by atoms with E-state index in [9.17, 15) is 8.42 Å². The summed E-state index contributed by atoms with van der Waals surface area (Å²) in [6.45, 7) is 3.54. The van der Waals surface area contributed by atoms with Crippen molar-refractivity contribution in [1.29, 1.82) is 0 Å². The number of aromatic nitrogens is 2.